The van der Waals surface area contributed by atoms with E-state index in [4.69, 9.17) is 0 Å². The molecular formula is C13H18O2. The van der Waals surface area contributed by atoms with Crippen LogP contribution in [0, 0.1) is 11.8 Å². The first-order chi connectivity index (χ1) is 7.16. The summed E-state index contributed by atoms with van der Waals surface area (Å²) in [5.74, 6) is 1.31. The minimum absolute atomic E-state index is 0.118. The maximum Gasteiger partial charge on any atom is 0.115 e. The highest BCUT2D eigenvalue weighted by Gasteiger charge is 2.30. The van der Waals surface area contributed by atoms with Gasteiger partial charge in [-0.25, -0.2) is 0 Å². The summed E-state index contributed by atoms with van der Waals surface area (Å²) in [6.45, 7) is 2.13. The van der Waals surface area contributed by atoms with Crippen molar-refractivity contribution >= 4 is 0 Å². The standard InChI is InChI=1S/C13H18O2/c1-9-11(4-7-13(9)15)8-10-2-5-12(14)6-3-10/h2-3,5-6,9,11,13-15H,4,7-8H2,1H3. The van der Waals surface area contributed by atoms with E-state index in [9.17, 15) is 10.2 Å². The van der Waals surface area contributed by atoms with E-state index in [2.05, 4.69) is 6.92 Å². The average molecular weight is 206 g/mol. The number of hydrogen-bond acceptors (Lipinski definition) is 2. The van der Waals surface area contributed by atoms with Gasteiger partial charge in [0.15, 0.2) is 0 Å². The molecule has 0 spiro atoms. The van der Waals surface area contributed by atoms with Crippen molar-refractivity contribution < 1.29 is 10.2 Å². The summed E-state index contributed by atoms with van der Waals surface area (Å²) in [6.07, 6.45) is 2.94. The molecule has 0 amide bonds. The molecule has 15 heavy (non-hydrogen) atoms. The first-order valence-electron chi connectivity index (χ1n) is 5.63. The van der Waals surface area contributed by atoms with Crippen LogP contribution in [-0.2, 0) is 6.42 Å². The normalized spacial score (nSPS) is 30.7. The highest BCUT2D eigenvalue weighted by Crippen LogP contribution is 2.34. The lowest BCUT2D eigenvalue weighted by atomic mass is 9.90. The summed E-state index contributed by atoms with van der Waals surface area (Å²) in [5, 5.41) is 18.8. The van der Waals surface area contributed by atoms with Crippen LogP contribution in [0.3, 0.4) is 0 Å². The highest BCUT2D eigenvalue weighted by molar-refractivity contribution is 5.26. The van der Waals surface area contributed by atoms with Crippen LogP contribution in [0.15, 0.2) is 24.3 Å². The Morgan fingerprint density at radius 3 is 2.40 bits per heavy atom. The third kappa shape index (κ3) is 2.32. The van der Waals surface area contributed by atoms with Gasteiger partial charge in [0.1, 0.15) is 5.75 Å². The van der Waals surface area contributed by atoms with Crippen LogP contribution in [-0.4, -0.2) is 16.3 Å². The number of phenolic OH excluding ortho intramolecular Hbond substituents is 1. The van der Waals surface area contributed by atoms with E-state index in [1.807, 2.05) is 12.1 Å². The number of hydrogen-bond donors (Lipinski definition) is 2. The molecule has 1 fully saturated rings. The van der Waals surface area contributed by atoms with E-state index in [1.54, 1.807) is 12.1 Å². The van der Waals surface area contributed by atoms with Crippen molar-refractivity contribution in [1.82, 2.24) is 0 Å². The molecule has 1 aliphatic carbocycles. The first-order valence-corrected chi connectivity index (χ1v) is 5.63. The van der Waals surface area contributed by atoms with Crippen molar-refractivity contribution in [3.05, 3.63) is 29.8 Å². The third-order valence-corrected chi connectivity index (χ3v) is 3.62. The quantitative estimate of drug-likeness (QED) is 0.779. The van der Waals surface area contributed by atoms with Gasteiger partial charge in [-0.2, -0.15) is 0 Å². The fourth-order valence-electron chi connectivity index (χ4n) is 2.45. The average Bonchev–Trinajstić information content (AvgIpc) is 2.53. The molecule has 2 rings (SSSR count). The minimum Gasteiger partial charge on any atom is -0.508 e. The summed E-state index contributed by atoms with van der Waals surface area (Å²) in [5.41, 5.74) is 1.25. The van der Waals surface area contributed by atoms with Crippen LogP contribution in [0.4, 0.5) is 0 Å². The molecule has 3 unspecified atom stereocenters. The van der Waals surface area contributed by atoms with Gasteiger partial charge in [0.25, 0.3) is 0 Å². The Hall–Kier alpha value is -1.02. The first kappa shape index (κ1) is 10.5. The Balaban J connectivity index is 2.00. The van der Waals surface area contributed by atoms with Crippen molar-refractivity contribution in [2.75, 3.05) is 0 Å². The second-order valence-corrected chi connectivity index (χ2v) is 4.63. The minimum atomic E-state index is -0.118. The molecule has 1 aromatic rings. The van der Waals surface area contributed by atoms with Gasteiger partial charge in [0.2, 0.25) is 0 Å². The molecular weight excluding hydrogens is 188 g/mol. The van der Waals surface area contributed by atoms with Crippen LogP contribution < -0.4 is 0 Å². The van der Waals surface area contributed by atoms with Crippen molar-refractivity contribution in [1.29, 1.82) is 0 Å². The number of phenols is 1. The summed E-state index contributed by atoms with van der Waals surface area (Å²) in [7, 11) is 0. The summed E-state index contributed by atoms with van der Waals surface area (Å²) in [4.78, 5) is 0. The second kappa shape index (κ2) is 4.23. The summed E-state index contributed by atoms with van der Waals surface area (Å²) < 4.78 is 0. The summed E-state index contributed by atoms with van der Waals surface area (Å²) >= 11 is 0. The van der Waals surface area contributed by atoms with Crippen molar-refractivity contribution in [3.63, 3.8) is 0 Å². The predicted molar refractivity (Wildman–Crippen MR) is 59.7 cm³/mol. The number of aliphatic hydroxyl groups excluding tert-OH is 1. The molecule has 2 nitrogen and oxygen atoms in total. The molecule has 0 heterocycles. The van der Waals surface area contributed by atoms with Crippen molar-refractivity contribution in [3.8, 4) is 5.75 Å². The monoisotopic (exact) mass is 206 g/mol. The maximum atomic E-state index is 9.65. The lowest BCUT2D eigenvalue weighted by Crippen LogP contribution is -2.16. The Morgan fingerprint density at radius 2 is 1.87 bits per heavy atom. The van der Waals surface area contributed by atoms with E-state index in [0.717, 1.165) is 19.3 Å². The van der Waals surface area contributed by atoms with E-state index in [1.165, 1.54) is 5.56 Å². The zero-order valence-electron chi connectivity index (χ0n) is 9.06. The van der Waals surface area contributed by atoms with Gasteiger partial charge in [-0.05, 0) is 48.8 Å². The Kier molecular flexibility index (Phi) is 2.96. The topological polar surface area (TPSA) is 40.5 Å². The number of rotatable bonds is 2. The predicted octanol–water partition coefficient (Wildman–Crippen LogP) is 2.34. The van der Waals surface area contributed by atoms with Gasteiger partial charge < -0.3 is 10.2 Å². The van der Waals surface area contributed by atoms with Gasteiger partial charge in [0, 0.05) is 0 Å². The van der Waals surface area contributed by atoms with Gasteiger partial charge in [-0.3, -0.25) is 0 Å². The lowest BCUT2D eigenvalue weighted by Gasteiger charge is -2.17. The van der Waals surface area contributed by atoms with E-state index < -0.39 is 0 Å². The molecule has 0 bridgehead atoms. The highest BCUT2D eigenvalue weighted by atomic mass is 16.3. The third-order valence-electron chi connectivity index (χ3n) is 3.62. The van der Waals surface area contributed by atoms with Gasteiger partial charge in [-0.15, -0.1) is 0 Å². The Bertz CT molecular complexity index is 318. The zero-order chi connectivity index (χ0) is 10.8. The largest absolute Gasteiger partial charge is 0.508 e. The zero-order valence-corrected chi connectivity index (χ0v) is 9.06. The number of benzene rings is 1. The van der Waals surface area contributed by atoms with Gasteiger partial charge in [0.05, 0.1) is 6.10 Å². The fraction of sp³-hybridized carbons (Fsp3) is 0.538. The van der Waals surface area contributed by atoms with Crippen LogP contribution in [0.1, 0.15) is 25.3 Å². The SMILES string of the molecule is CC1C(O)CCC1Cc1ccc(O)cc1. The molecule has 2 N–H and O–H groups in total. The molecule has 0 aliphatic heterocycles. The van der Waals surface area contributed by atoms with Gasteiger partial charge in [-0.1, -0.05) is 19.1 Å². The maximum absolute atomic E-state index is 9.65. The van der Waals surface area contributed by atoms with E-state index >= 15 is 0 Å². The lowest BCUT2D eigenvalue weighted by molar-refractivity contribution is 0.127. The molecule has 0 radical (unpaired) electrons. The smallest absolute Gasteiger partial charge is 0.115 e. The van der Waals surface area contributed by atoms with E-state index in [-0.39, 0.29) is 6.10 Å². The van der Waals surface area contributed by atoms with Crippen molar-refractivity contribution in [2.45, 2.75) is 32.3 Å². The van der Waals surface area contributed by atoms with Crippen LogP contribution in [0.5, 0.6) is 5.75 Å². The molecule has 0 saturated heterocycles. The molecule has 3 atom stereocenters. The van der Waals surface area contributed by atoms with Crippen LogP contribution in [0.25, 0.3) is 0 Å². The van der Waals surface area contributed by atoms with Gasteiger partial charge >= 0.3 is 0 Å². The molecule has 1 aliphatic rings. The Morgan fingerprint density at radius 1 is 1.20 bits per heavy atom. The Labute approximate surface area is 90.6 Å². The molecule has 0 aromatic heterocycles. The summed E-state index contributed by atoms with van der Waals surface area (Å²) in [6, 6.07) is 7.39. The van der Waals surface area contributed by atoms with Crippen LogP contribution in [0.2, 0.25) is 0 Å². The molecule has 1 saturated carbocycles. The molecule has 2 heteroatoms. The van der Waals surface area contributed by atoms with E-state index in [0.29, 0.717) is 17.6 Å². The van der Waals surface area contributed by atoms with Crippen molar-refractivity contribution in [2.24, 2.45) is 11.8 Å². The molecule has 1 aromatic carbocycles. The fourth-order valence-corrected chi connectivity index (χ4v) is 2.45. The number of aromatic hydroxyl groups is 1. The molecule has 82 valence electrons. The number of aliphatic hydroxyl groups is 1. The second-order valence-electron chi connectivity index (χ2n) is 4.63. The van der Waals surface area contributed by atoms with Crippen LogP contribution >= 0.6 is 0 Å².